The number of hydrogen-bond acceptors (Lipinski definition) is 2. The SMILES string of the molecule is CC(C)(C)[Si](C)(C)O/C(=C/CCCCO)c1ccccc1. The molecule has 0 aliphatic rings. The molecular formula is C18H30O2Si. The molecule has 0 amide bonds. The van der Waals surface area contributed by atoms with E-state index in [4.69, 9.17) is 9.53 Å². The third-order valence-corrected chi connectivity index (χ3v) is 8.51. The Morgan fingerprint density at radius 1 is 1.14 bits per heavy atom. The Morgan fingerprint density at radius 2 is 1.76 bits per heavy atom. The Bertz CT molecular complexity index is 444. The van der Waals surface area contributed by atoms with E-state index in [1.807, 2.05) is 18.2 Å². The molecule has 2 nitrogen and oxygen atoms in total. The van der Waals surface area contributed by atoms with Gasteiger partial charge in [-0.25, -0.2) is 0 Å². The summed E-state index contributed by atoms with van der Waals surface area (Å²) in [5, 5.41) is 9.08. The predicted octanol–water partition coefficient (Wildman–Crippen LogP) is 5.21. The van der Waals surface area contributed by atoms with E-state index in [9.17, 15) is 0 Å². The van der Waals surface area contributed by atoms with Crippen molar-refractivity contribution in [1.82, 2.24) is 0 Å². The van der Waals surface area contributed by atoms with Crippen LogP contribution in [0.3, 0.4) is 0 Å². The number of allylic oxidation sites excluding steroid dienone is 1. The zero-order chi connectivity index (χ0) is 15.9. The van der Waals surface area contributed by atoms with Crippen molar-refractivity contribution >= 4 is 14.1 Å². The highest BCUT2D eigenvalue weighted by Gasteiger charge is 2.39. The summed E-state index contributed by atoms with van der Waals surface area (Å²) in [6.45, 7) is 11.6. The highest BCUT2D eigenvalue weighted by molar-refractivity contribution is 6.74. The van der Waals surface area contributed by atoms with Crippen LogP contribution in [0, 0.1) is 0 Å². The minimum absolute atomic E-state index is 0.186. The average Bonchev–Trinajstić information content (AvgIpc) is 2.42. The normalized spacial score (nSPS) is 13.3. The molecule has 0 atom stereocenters. The zero-order valence-electron chi connectivity index (χ0n) is 14.1. The second-order valence-electron chi connectivity index (χ2n) is 7.02. The van der Waals surface area contributed by atoms with Crippen LogP contribution >= 0.6 is 0 Å². The lowest BCUT2D eigenvalue weighted by Gasteiger charge is -2.37. The lowest BCUT2D eigenvalue weighted by molar-refractivity contribution is 0.285. The standard InChI is InChI=1S/C18H30O2Si/c1-18(2,3)21(4,5)20-17(14-10-7-11-15-19)16-12-8-6-9-13-16/h6,8-9,12-14,19H,7,10-11,15H2,1-5H3/b17-14+. The Kier molecular flexibility index (Phi) is 6.69. The minimum Gasteiger partial charge on any atom is -0.543 e. The molecule has 0 aliphatic heterocycles. The van der Waals surface area contributed by atoms with Gasteiger partial charge in [0.15, 0.2) is 0 Å². The third-order valence-electron chi connectivity index (χ3n) is 4.17. The number of aliphatic hydroxyl groups excluding tert-OH is 1. The summed E-state index contributed by atoms with van der Waals surface area (Å²) in [4.78, 5) is 0. The molecule has 0 saturated carbocycles. The van der Waals surface area contributed by atoms with Crippen LogP contribution in [0.4, 0.5) is 0 Å². The molecule has 0 bridgehead atoms. The maximum Gasteiger partial charge on any atom is 0.250 e. The summed E-state index contributed by atoms with van der Waals surface area (Å²) in [7, 11) is -1.84. The largest absolute Gasteiger partial charge is 0.543 e. The highest BCUT2D eigenvalue weighted by atomic mass is 28.4. The molecule has 0 fully saturated rings. The van der Waals surface area contributed by atoms with Crippen LogP contribution in [-0.2, 0) is 4.43 Å². The van der Waals surface area contributed by atoms with Gasteiger partial charge in [0.2, 0.25) is 8.32 Å². The second-order valence-corrected chi connectivity index (χ2v) is 11.7. The van der Waals surface area contributed by atoms with Crippen LogP contribution in [-0.4, -0.2) is 20.0 Å². The van der Waals surface area contributed by atoms with Crippen molar-refractivity contribution in [3.05, 3.63) is 42.0 Å². The molecule has 118 valence electrons. The Morgan fingerprint density at radius 3 is 2.29 bits per heavy atom. The monoisotopic (exact) mass is 306 g/mol. The fourth-order valence-electron chi connectivity index (χ4n) is 1.74. The lowest BCUT2D eigenvalue weighted by atomic mass is 10.1. The van der Waals surface area contributed by atoms with Gasteiger partial charge in [-0.05, 0) is 43.5 Å². The Balaban J connectivity index is 2.93. The number of rotatable bonds is 7. The first kappa shape index (κ1) is 18.0. The van der Waals surface area contributed by atoms with Crippen LogP contribution < -0.4 is 0 Å². The van der Waals surface area contributed by atoms with E-state index in [-0.39, 0.29) is 11.6 Å². The van der Waals surface area contributed by atoms with Crippen molar-refractivity contribution in [2.45, 2.75) is 58.2 Å². The average molecular weight is 307 g/mol. The Hall–Kier alpha value is -1.06. The number of hydrogen-bond donors (Lipinski definition) is 1. The molecule has 0 unspecified atom stereocenters. The summed E-state index contributed by atoms with van der Waals surface area (Å²) >= 11 is 0. The summed E-state index contributed by atoms with van der Waals surface area (Å²) in [6, 6.07) is 10.3. The minimum atomic E-state index is -1.84. The first-order valence-electron chi connectivity index (χ1n) is 7.83. The second kappa shape index (κ2) is 7.81. The van der Waals surface area contributed by atoms with Crippen molar-refractivity contribution in [3.8, 4) is 0 Å². The quantitative estimate of drug-likeness (QED) is 0.425. The van der Waals surface area contributed by atoms with Crippen LogP contribution in [0.1, 0.15) is 45.6 Å². The van der Waals surface area contributed by atoms with Crippen LogP contribution in [0.15, 0.2) is 36.4 Å². The van der Waals surface area contributed by atoms with E-state index >= 15 is 0 Å². The van der Waals surface area contributed by atoms with Crippen molar-refractivity contribution in [2.75, 3.05) is 6.61 Å². The topological polar surface area (TPSA) is 29.5 Å². The van der Waals surface area contributed by atoms with Gasteiger partial charge in [-0.15, -0.1) is 0 Å². The maximum absolute atomic E-state index is 8.90. The third kappa shape index (κ3) is 5.68. The lowest BCUT2D eigenvalue weighted by Crippen LogP contribution is -2.40. The molecule has 0 aromatic heterocycles. The predicted molar refractivity (Wildman–Crippen MR) is 93.6 cm³/mol. The first-order valence-corrected chi connectivity index (χ1v) is 10.7. The summed E-state index contributed by atoms with van der Waals surface area (Å²) in [5.74, 6) is 1.00. The molecule has 0 saturated heterocycles. The van der Waals surface area contributed by atoms with Crippen LogP contribution in [0.5, 0.6) is 0 Å². The van der Waals surface area contributed by atoms with E-state index in [1.54, 1.807) is 0 Å². The highest BCUT2D eigenvalue weighted by Crippen LogP contribution is 2.39. The van der Waals surface area contributed by atoms with Crippen molar-refractivity contribution in [1.29, 1.82) is 0 Å². The molecule has 3 heteroatoms. The summed E-state index contributed by atoms with van der Waals surface area (Å²) in [5.41, 5.74) is 1.14. The van der Waals surface area contributed by atoms with Gasteiger partial charge >= 0.3 is 0 Å². The molecule has 0 aliphatic carbocycles. The number of unbranched alkanes of at least 4 members (excludes halogenated alkanes) is 2. The molecule has 0 spiro atoms. The van der Waals surface area contributed by atoms with Gasteiger partial charge in [0.1, 0.15) is 5.76 Å². The van der Waals surface area contributed by atoms with Crippen molar-refractivity contribution < 1.29 is 9.53 Å². The van der Waals surface area contributed by atoms with E-state index in [1.165, 1.54) is 0 Å². The first-order chi connectivity index (χ1) is 9.78. The molecular weight excluding hydrogens is 276 g/mol. The van der Waals surface area contributed by atoms with Gasteiger partial charge in [0, 0.05) is 12.2 Å². The molecule has 1 aromatic carbocycles. The number of aliphatic hydroxyl groups is 1. The van der Waals surface area contributed by atoms with Gasteiger partial charge in [0.25, 0.3) is 0 Å². The molecule has 1 aromatic rings. The van der Waals surface area contributed by atoms with Crippen LogP contribution in [0.2, 0.25) is 18.1 Å². The maximum atomic E-state index is 8.90. The van der Waals surface area contributed by atoms with Crippen molar-refractivity contribution in [3.63, 3.8) is 0 Å². The van der Waals surface area contributed by atoms with E-state index in [0.717, 1.165) is 30.6 Å². The molecule has 0 heterocycles. The van der Waals surface area contributed by atoms with Gasteiger partial charge in [-0.3, -0.25) is 0 Å². The Labute approximate surface area is 131 Å². The molecule has 1 N–H and O–H groups in total. The fourth-order valence-corrected chi connectivity index (χ4v) is 2.80. The zero-order valence-corrected chi connectivity index (χ0v) is 15.1. The molecule has 1 rings (SSSR count). The fraction of sp³-hybridized carbons (Fsp3) is 0.556. The van der Waals surface area contributed by atoms with E-state index in [0.29, 0.717) is 0 Å². The van der Waals surface area contributed by atoms with Gasteiger partial charge in [-0.1, -0.05) is 51.1 Å². The van der Waals surface area contributed by atoms with Crippen LogP contribution in [0.25, 0.3) is 5.76 Å². The molecule has 21 heavy (non-hydrogen) atoms. The summed E-state index contributed by atoms with van der Waals surface area (Å²) < 4.78 is 6.51. The number of benzene rings is 1. The van der Waals surface area contributed by atoms with Crippen molar-refractivity contribution in [2.24, 2.45) is 0 Å². The van der Waals surface area contributed by atoms with Gasteiger partial charge < -0.3 is 9.53 Å². The summed E-state index contributed by atoms with van der Waals surface area (Å²) in [6.07, 6.45) is 4.97. The van der Waals surface area contributed by atoms with E-state index in [2.05, 4.69) is 52.1 Å². The molecule has 0 radical (unpaired) electrons. The van der Waals surface area contributed by atoms with Gasteiger partial charge in [-0.2, -0.15) is 0 Å². The van der Waals surface area contributed by atoms with Gasteiger partial charge in [0.05, 0.1) is 0 Å². The smallest absolute Gasteiger partial charge is 0.250 e. The van der Waals surface area contributed by atoms with E-state index < -0.39 is 8.32 Å².